The molecule has 0 aliphatic carbocycles. The Labute approximate surface area is 194 Å². The van der Waals surface area contributed by atoms with Gasteiger partial charge in [-0.05, 0) is 61.7 Å². The number of carbonyl (C=O) groups excluding carboxylic acids is 2. The fourth-order valence-electron chi connectivity index (χ4n) is 3.12. The first kappa shape index (κ1) is 24.0. The maximum absolute atomic E-state index is 12.7. The second-order valence-electron chi connectivity index (χ2n) is 8.89. The van der Waals surface area contributed by atoms with Crippen molar-refractivity contribution >= 4 is 11.9 Å². The highest BCUT2D eigenvalue weighted by Crippen LogP contribution is 2.28. The average Bonchev–Trinajstić information content (AvgIpc) is 3.24. The highest BCUT2D eigenvalue weighted by molar-refractivity contribution is 5.94. The largest absolute Gasteiger partial charge is 0.497 e. The van der Waals surface area contributed by atoms with Crippen LogP contribution in [0.1, 0.15) is 55.5 Å². The number of nitrogens with zero attached hydrogens (tertiary/aromatic N) is 2. The Hall–Kier alpha value is -3.61. The van der Waals surface area contributed by atoms with E-state index in [0.29, 0.717) is 22.7 Å². The molecule has 0 saturated carbocycles. The van der Waals surface area contributed by atoms with Crippen LogP contribution < -0.4 is 10.1 Å². The number of amides is 1. The van der Waals surface area contributed by atoms with Gasteiger partial charge in [-0.3, -0.25) is 4.79 Å². The summed E-state index contributed by atoms with van der Waals surface area (Å²) in [5.74, 6) is 0.0650. The molecule has 3 aromatic rings. The highest BCUT2D eigenvalue weighted by Gasteiger charge is 2.22. The lowest BCUT2D eigenvalue weighted by atomic mass is 9.88. The Kier molecular flexibility index (Phi) is 7.21. The first-order chi connectivity index (χ1) is 15.6. The third-order valence-electron chi connectivity index (χ3n) is 5.58. The third kappa shape index (κ3) is 5.61. The molecule has 0 fully saturated rings. The van der Waals surface area contributed by atoms with E-state index in [0.717, 1.165) is 5.56 Å². The second-order valence-corrected chi connectivity index (χ2v) is 8.89. The van der Waals surface area contributed by atoms with Crippen LogP contribution in [0.5, 0.6) is 5.75 Å². The summed E-state index contributed by atoms with van der Waals surface area (Å²) in [7, 11) is 1.60. The van der Waals surface area contributed by atoms with Gasteiger partial charge in [-0.25, -0.2) is 9.48 Å². The molecule has 2 aromatic carbocycles. The minimum Gasteiger partial charge on any atom is -0.497 e. The van der Waals surface area contributed by atoms with Crippen LogP contribution >= 0.6 is 0 Å². The summed E-state index contributed by atoms with van der Waals surface area (Å²) in [6.07, 6.45) is 0. The quantitative estimate of drug-likeness (QED) is 0.520. The van der Waals surface area contributed by atoms with E-state index in [2.05, 4.69) is 31.2 Å². The zero-order valence-electron chi connectivity index (χ0n) is 20.0. The monoisotopic (exact) mass is 449 g/mol. The Morgan fingerprint density at radius 3 is 2.39 bits per heavy atom. The molecule has 0 spiro atoms. The van der Waals surface area contributed by atoms with E-state index in [1.54, 1.807) is 36.9 Å². The molecular formula is C26H31N3O4. The van der Waals surface area contributed by atoms with Crippen LogP contribution in [0, 0.1) is 5.41 Å². The van der Waals surface area contributed by atoms with Crippen molar-refractivity contribution in [2.24, 2.45) is 5.41 Å². The SMILES string of the molecule is CCOC(=O)c1cc(-c2cccc(OC)c2)n(-c2ccc(C(=O)N[C@H](C)C(C)(C)C)cc2)n1. The molecule has 7 nitrogen and oxygen atoms in total. The zero-order valence-corrected chi connectivity index (χ0v) is 20.0. The first-order valence-electron chi connectivity index (χ1n) is 11.0. The Morgan fingerprint density at radius 2 is 1.79 bits per heavy atom. The molecule has 1 amide bonds. The van der Waals surface area contributed by atoms with Crippen LogP contribution in [0.3, 0.4) is 0 Å². The molecule has 33 heavy (non-hydrogen) atoms. The van der Waals surface area contributed by atoms with E-state index in [-0.39, 0.29) is 29.7 Å². The van der Waals surface area contributed by atoms with Gasteiger partial charge in [-0.15, -0.1) is 0 Å². The van der Waals surface area contributed by atoms with Crippen LogP contribution in [0.4, 0.5) is 0 Å². The van der Waals surface area contributed by atoms with Gasteiger partial charge in [-0.1, -0.05) is 32.9 Å². The summed E-state index contributed by atoms with van der Waals surface area (Å²) in [6.45, 7) is 10.3. The van der Waals surface area contributed by atoms with Crippen molar-refractivity contribution in [3.8, 4) is 22.7 Å². The van der Waals surface area contributed by atoms with E-state index >= 15 is 0 Å². The number of methoxy groups -OCH3 is 1. The highest BCUT2D eigenvalue weighted by atomic mass is 16.5. The minimum atomic E-state index is -0.493. The normalized spacial score (nSPS) is 12.2. The van der Waals surface area contributed by atoms with E-state index in [1.807, 2.05) is 43.3 Å². The van der Waals surface area contributed by atoms with Crippen LogP contribution in [0.15, 0.2) is 54.6 Å². The fourth-order valence-corrected chi connectivity index (χ4v) is 3.12. The number of esters is 1. The van der Waals surface area contributed by atoms with E-state index in [9.17, 15) is 9.59 Å². The number of hydrogen-bond acceptors (Lipinski definition) is 5. The molecule has 0 unspecified atom stereocenters. The summed E-state index contributed by atoms with van der Waals surface area (Å²) in [5.41, 5.74) is 2.96. The standard InChI is InChI=1S/C26H31N3O4/c1-7-33-25(31)22-16-23(19-9-8-10-21(15-19)32-6)29(28-22)20-13-11-18(12-14-20)24(30)27-17(2)26(3,4)5/h8-17H,7H2,1-6H3,(H,27,30)/t17-/m1/s1. The molecule has 1 N–H and O–H groups in total. The van der Waals surface area contributed by atoms with Gasteiger partial charge < -0.3 is 14.8 Å². The molecule has 1 atom stereocenters. The van der Waals surface area contributed by atoms with Gasteiger partial charge in [0.05, 0.1) is 25.1 Å². The summed E-state index contributed by atoms with van der Waals surface area (Å²) < 4.78 is 12.1. The summed E-state index contributed by atoms with van der Waals surface area (Å²) >= 11 is 0. The van der Waals surface area contributed by atoms with Crippen molar-refractivity contribution in [1.29, 1.82) is 0 Å². The molecule has 1 aromatic heterocycles. The maximum atomic E-state index is 12.7. The maximum Gasteiger partial charge on any atom is 0.358 e. The number of aromatic nitrogens is 2. The van der Waals surface area contributed by atoms with Gasteiger partial charge in [-0.2, -0.15) is 5.10 Å². The Balaban J connectivity index is 1.97. The molecule has 3 rings (SSSR count). The number of ether oxygens (including phenoxy) is 2. The average molecular weight is 450 g/mol. The molecule has 0 bridgehead atoms. The number of benzene rings is 2. The first-order valence-corrected chi connectivity index (χ1v) is 11.0. The Bertz CT molecular complexity index is 1130. The number of hydrogen-bond donors (Lipinski definition) is 1. The van der Waals surface area contributed by atoms with Crippen LogP contribution in [0.2, 0.25) is 0 Å². The van der Waals surface area contributed by atoms with Crippen molar-refractivity contribution in [1.82, 2.24) is 15.1 Å². The van der Waals surface area contributed by atoms with Gasteiger partial charge >= 0.3 is 5.97 Å². The van der Waals surface area contributed by atoms with Crippen molar-refractivity contribution in [3.63, 3.8) is 0 Å². The predicted molar refractivity (Wildman–Crippen MR) is 128 cm³/mol. The molecular weight excluding hydrogens is 418 g/mol. The predicted octanol–water partition coefficient (Wildman–Crippen LogP) is 4.89. The van der Waals surface area contributed by atoms with Crippen molar-refractivity contribution < 1.29 is 19.1 Å². The minimum absolute atomic E-state index is 0.0163. The molecule has 1 heterocycles. The lowest BCUT2D eigenvalue weighted by molar-refractivity contribution is 0.0518. The van der Waals surface area contributed by atoms with Gasteiger partial charge in [0.15, 0.2) is 5.69 Å². The zero-order chi connectivity index (χ0) is 24.2. The number of rotatable bonds is 7. The van der Waals surface area contributed by atoms with Crippen LogP contribution in [-0.4, -0.2) is 41.4 Å². The summed E-state index contributed by atoms with van der Waals surface area (Å²) in [5, 5.41) is 7.53. The summed E-state index contributed by atoms with van der Waals surface area (Å²) in [6, 6.07) is 16.3. The second kappa shape index (κ2) is 9.90. The molecule has 0 aliphatic heterocycles. The lowest BCUT2D eigenvalue weighted by Crippen LogP contribution is -2.41. The van der Waals surface area contributed by atoms with Gasteiger partial charge in [0.1, 0.15) is 5.75 Å². The van der Waals surface area contributed by atoms with Gasteiger partial charge in [0.25, 0.3) is 5.91 Å². The lowest BCUT2D eigenvalue weighted by Gasteiger charge is -2.28. The summed E-state index contributed by atoms with van der Waals surface area (Å²) in [4.78, 5) is 25.0. The smallest absolute Gasteiger partial charge is 0.358 e. The molecule has 0 aliphatic rings. The van der Waals surface area contributed by atoms with E-state index in [4.69, 9.17) is 9.47 Å². The molecule has 0 radical (unpaired) electrons. The Morgan fingerprint density at radius 1 is 1.09 bits per heavy atom. The molecule has 0 saturated heterocycles. The topological polar surface area (TPSA) is 82.5 Å². The third-order valence-corrected chi connectivity index (χ3v) is 5.58. The van der Waals surface area contributed by atoms with E-state index in [1.165, 1.54) is 0 Å². The van der Waals surface area contributed by atoms with Crippen LogP contribution in [0.25, 0.3) is 16.9 Å². The van der Waals surface area contributed by atoms with Crippen molar-refractivity contribution in [2.45, 2.75) is 40.7 Å². The molecule has 7 heteroatoms. The fraction of sp³-hybridized carbons (Fsp3) is 0.346. The van der Waals surface area contributed by atoms with Crippen molar-refractivity contribution in [2.75, 3.05) is 13.7 Å². The van der Waals surface area contributed by atoms with Crippen molar-refractivity contribution in [3.05, 3.63) is 65.9 Å². The molecule has 174 valence electrons. The number of carbonyl (C=O) groups is 2. The van der Waals surface area contributed by atoms with Gasteiger partial charge in [0.2, 0.25) is 0 Å². The van der Waals surface area contributed by atoms with Gasteiger partial charge in [0, 0.05) is 17.2 Å². The van der Waals surface area contributed by atoms with Crippen LogP contribution in [-0.2, 0) is 4.74 Å². The number of nitrogens with one attached hydrogen (secondary N) is 1. The van der Waals surface area contributed by atoms with E-state index < -0.39 is 5.97 Å².